The molecule has 0 bridgehead atoms. The van der Waals surface area contributed by atoms with Crippen molar-refractivity contribution in [1.82, 2.24) is 0 Å². The number of hydrogen-bond acceptors (Lipinski definition) is 5. The van der Waals surface area contributed by atoms with Crippen LogP contribution in [0.25, 0.3) is 0 Å². The van der Waals surface area contributed by atoms with Crippen molar-refractivity contribution in [2.45, 2.75) is 33.4 Å². The molecule has 14 heavy (non-hydrogen) atoms. The smallest absolute Gasteiger partial charge is 0.444 e. The summed E-state index contributed by atoms with van der Waals surface area (Å²) in [6.07, 6.45) is 0.583. The van der Waals surface area contributed by atoms with Crippen LogP contribution >= 0.6 is 0 Å². The summed E-state index contributed by atoms with van der Waals surface area (Å²) in [6, 6.07) is 0. The molecule has 1 rings (SSSR count). The third kappa shape index (κ3) is 11.1. The molecule has 1 heterocycles. The van der Waals surface area contributed by atoms with E-state index in [1.54, 1.807) is 6.55 Å². The van der Waals surface area contributed by atoms with Crippen LogP contribution in [0.15, 0.2) is 0 Å². The first-order chi connectivity index (χ1) is 6.41. The first-order valence-electron chi connectivity index (χ1n) is 4.38. The third-order valence-electron chi connectivity index (χ3n) is 1.16. The van der Waals surface area contributed by atoms with E-state index in [1.165, 1.54) is 13.8 Å². The fraction of sp³-hybridized carbons (Fsp3) is 0.750. The predicted octanol–water partition coefficient (Wildman–Crippen LogP) is 0.368. The van der Waals surface area contributed by atoms with Gasteiger partial charge < -0.3 is 13.6 Å². The van der Waals surface area contributed by atoms with Gasteiger partial charge in [0.05, 0.1) is 12.7 Å². The van der Waals surface area contributed by atoms with Gasteiger partial charge in [-0.15, -0.1) is 0 Å². The topological polar surface area (TPSA) is 65.1 Å². The SMILES string of the molecule is CC(=O)O[SiH](C)OC(C)=O.CC1CO1. The molecular weight excluding hydrogens is 204 g/mol. The van der Waals surface area contributed by atoms with Gasteiger partial charge in [-0.3, -0.25) is 9.59 Å². The number of rotatable bonds is 2. The van der Waals surface area contributed by atoms with Crippen molar-refractivity contribution in [3.63, 3.8) is 0 Å². The van der Waals surface area contributed by atoms with E-state index in [2.05, 4.69) is 15.8 Å². The summed E-state index contributed by atoms with van der Waals surface area (Å²) >= 11 is 0. The van der Waals surface area contributed by atoms with Crippen molar-refractivity contribution in [3.8, 4) is 0 Å². The molecular formula is C8H16O5Si. The van der Waals surface area contributed by atoms with Crippen molar-refractivity contribution in [1.29, 1.82) is 0 Å². The van der Waals surface area contributed by atoms with Crippen LogP contribution < -0.4 is 0 Å². The molecule has 5 nitrogen and oxygen atoms in total. The molecule has 0 aromatic rings. The summed E-state index contributed by atoms with van der Waals surface area (Å²) in [7, 11) is -2.02. The maximum atomic E-state index is 10.3. The van der Waals surface area contributed by atoms with Gasteiger partial charge in [0.2, 0.25) is 0 Å². The minimum atomic E-state index is -2.02. The molecule has 1 saturated heterocycles. The summed E-state index contributed by atoms with van der Waals surface area (Å²) in [4.78, 5) is 20.5. The number of ether oxygens (including phenoxy) is 1. The van der Waals surface area contributed by atoms with Crippen molar-refractivity contribution in [3.05, 3.63) is 0 Å². The molecule has 0 N–H and O–H groups in total. The second kappa shape index (κ2) is 6.55. The van der Waals surface area contributed by atoms with Gasteiger partial charge in [-0.05, 0) is 13.5 Å². The van der Waals surface area contributed by atoms with Gasteiger partial charge in [0, 0.05) is 13.8 Å². The number of carbonyl (C=O) groups is 2. The Bertz CT molecular complexity index is 186. The number of hydrogen-bond donors (Lipinski definition) is 0. The molecule has 6 heteroatoms. The molecule has 1 fully saturated rings. The van der Waals surface area contributed by atoms with Gasteiger partial charge in [0.25, 0.3) is 11.9 Å². The lowest BCUT2D eigenvalue weighted by atomic mass is 10.6. The average molecular weight is 220 g/mol. The zero-order chi connectivity index (χ0) is 11.1. The van der Waals surface area contributed by atoms with E-state index < -0.39 is 21.2 Å². The first kappa shape index (κ1) is 13.1. The lowest BCUT2D eigenvalue weighted by Crippen LogP contribution is -2.23. The zero-order valence-electron chi connectivity index (χ0n) is 8.90. The average Bonchev–Trinajstić information content (AvgIpc) is 2.68. The summed E-state index contributed by atoms with van der Waals surface area (Å²) in [5.74, 6) is -0.805. The normalized spacial score (nSPS) is 17.9. The summed E-state index contributed by atoms with van der Waals surface area (Å²) in [5.41, 5.74) is 0. The monoisotopic (exact) mass is 220 g/mol. The maximum Gasteiger partial charge on any atom is 0.444 e. The van der Waals surface area contributed by atoms with E-state index in [-0.39, 0.29) is 0 Å². The second-order valence-electron chi connectivity index (χ2n) is 2.93. The lowest BCUT2D eigenvalue weighted by molar-refractivity contribution is -0.137. The highest BCUT2D eigenvalue weighted by molar-refractivity contribution is 6.47. The fourth-order valence-corrected chi connectivity index (χ4v) is 1.57. The van der Waals surface area contributed by atoms with Gasteiger partial charge in [0.1, 0.15) is 0 Å². The summed E-state index contributed by atoms with van der Waals surface area (Å²) in [5, 5.41) is 0. The van der Waals surface area contributed by atoms with E-state index in [1.807, 2.05) is 0 Å². The first-order valence-corrected chi connectivity index (χ1v) is 6.47. The highest BCUT2D eigenvalue weighted by Gasteiger charge is 2.13. The van der Waals surface area contributed by atoms with Crippen molar-refractivity contribution in [2.75, 3.05) is 6.61 Å². The fourth-order valence-electron chi connectivity index (χ4n) is 0.588. The van der Waals surface area contributed by atoms with Crippen LogP contribution in [0.3, 0.4) is 0 Å². The molecule has 0 aromatic heterocycles. The van der Waals surface area contributed by atoms with Crippen molar-refractivity contribution in [2.24, 2.45) is 0 Å². The van der Waals surface area contributed by atoms with Gasteiger partial charge in [-0.1, -0.05) is 0 Å². The third-order valence-corrected chi connectivity index (χ3v) is 2.49. The van der Waals surface area contributed by atoms with Gasteiger partial charge in [-0.25, -0.2) is 0 Å². The Hall–Kier alpha value is -0.883. The Morgan fingerprint density at radius 3 is 1.71 bits per heavy atom. The molecule has 0 aliphatic carbocycles. The molecule has 0 aromatic carbocycles. The second-order valence-corrected chi connectivity index (χ2v) is 4.54. The number of epoxide rings is 1. The minimum Gasteiger partial charge on any atom is -0.487 e. The van der Waals surface area contributed by atoms with Crippen molar-refractivity contribution < 1.29 is 23.2 Å². The summed E-state index contributed by atoms with van der Waals surface area (Å²) in [6.45, 7) is 7.22. The highest BCUT2D eigenvalue weighted by Crippen LogP contribution is 2.04. The Balaban J connectivity index is 0.000000344. The Morgan fingerprint density at radius 1 is 1.29 bits per heavy atom. The zero-order valence-corrected chi connectivity index (χ0v) is 10.1. The largest absolute Gasteiger partial charge is 0.487 e. The van der Waals surface area contributed by atoms with Gasteiger partial charge >= 0.3 is 9.28 Å². The molecule has 1 aliphatic heterocycles. The van der Waals surface area contributed by atoms with Gasteiger partial charge in [0.15, 0.2) is 0 Å². The van der Waals surface area contributed by atoms with Crippen LogP contribution in [0, 0.1) is 0 Å². The molecule has 0 saturated carbocycles. The van der Waals surface area contributed by atoms with E-state index in [4.69, 9.17) is 4.74 Å². The molecule has 82 valence electrons. The van der Waals surface area contributed by atoms with E-state index >= 15 is 0 Å². The van der Waals surface area contributed by atoms with Crippen LogP contribution in [0.1, 0.15) is 20.8 Å². The van der Waals surface area contributed by atoms with Crippen LogP contribution in [-0.4, -0.2) is 33.9 Å². The minimum absolute atomic E-state index is 0.402. The maximum absolute atomic E-state index is 10.3. The molecule has 1 unspecified atom stereocenters. The Labute approximate surface area is 85.2 Å². The standard InChI is InChI=1S/C5H10O4Si.C3H6O/c1-4(6)8-10(3)9-5(2)7;1-3-2-4-3/h10H,1-3H3;3H,2H2,1H3. The van der Waals surface area contributed by atoms with Crippen molar-refractivity contribution >= 4 is 21.2 Å². The van der Waals surface area contributed by atoms with Crippen LogP contribution in [0.2, 0.25) is 6.55 Å². The number of carbonyl (C=O) groups excluding carboxylic acids is 2. The molecule has 1 aliphatic rings. The molecule has 0 amide bonds. The van der Waals surface area contributed by atoms with E-state index in [9.17, 15) is 9.59 Å². The Kier molecular flexibility index (Phi) is 6.14. The highest BCUT2D eigenvalue weighted by atomic mass is 28.3. The quantitative estimate of drug-likeness (QED) is 0.497. The van der Waals surface area contributed by atoms with E-state index in [0.717, 1.165) is 6.61 Å². The van der Waals surface area contributed by atoms with Crippen LogP contribution in [0.4, 0.5) is 0 Å². The summed E-state index contributed by atoms with van der Waals surface area (Å²) < 4.78 is 13.9. The predicted molar refractivity (Wildman–Crippen MR) is 52.0 cm³/mol. The lowest BCUT2D eigenvalue weighted by Gasteiger charge is -2.08. The molecule has 1 atom stereocenters. The Morgan fingerprint density at radius 2 is 1.57 bits per heavy atom. The molecule has 0 radical (unpaired) electrons. The van der Waals surface area contributed by atoms with E-state index in [0.29, 0.717) is 6.10 Å². The molecule has 0 spiro atoms. The van der Waals surface area contributed by atoms with Crippen LogP contribution in [-0.2, 0) is 23.2 Å². The van der Waals surface area contributed by atoms with Gasteiger partial charge in [-0.2, -0.15) is 0 Å². The van der Waals surface area contributed by atoms with Crippen LogP contribution in [0.5, 0.6) is 0 Å².